The molecular formula is C19H17ClN2O3. The van der Waals surface area contributed by atoms with E-state index in [1.807, 2.05) is 13.8 Å². The van der Waals surface area contributed by atoms with Gasteiger partial charge in [0, 0.05) is 0 Å². The van der Waals surface area contributed by atoms with E-state index in [1.54, 1.807) is 60.3 Å². The van der Waals surface area contributed by atoms with E-state index in [0.29, 0.717) is 22.1 Å². The molecule has 128 valence electrons. The molecule has 0 saturated heterocycles. The first kappa shape index (κ1) is 17.0. The molecule has 2 aromatic carbocycles. The van der Waals surface area contributed by atoms with Gasteiger partial charge >= 0.3 is 5.97 Å². The van der Waals surface area contributed by atoms with Crippen molar-refractivity contribution in [2.24, 2.45) is 0 Å². The van der Waals surface area contributed by atoms with Crippen molar-refractivity contribution in [2.45, 2.75) is 13.8 Å². The normalized spacial score (nSPS) is 10.6. The first-order valence-corrected chi connectivity index (χ1v) is 8.06. The summed E-state index contributed by atoms with van der Waals surface area (Å²) in [5.41, 5.74) is 2.90. The molecule has 0 spiro atoms. The molecule has 0 radical (unpaired) electrons. The lowest BCUT2D eigenvalue weighted by Gasteiger charge is -2.07. The van der Waals surface area contributed by atoms with Gasteiger partial charge in [0.25, 0.3) is 0 Å². The van der Waals surface area contributed by atoms with E-state index in [0.717, 1.165) is 17.1 Å². The van der Waals surface area contributed by atoms with Crippen molar-refractivity contribution in [3.05, 3.63) is 70.5 Å². The van der Waals surface area contributed by atoms with E-state index in [-0.39, 0.29) is 0 Å². The number of hydrogen-bond donors (Lipinski definition) is 0. The molecule has 0 aliphatic carbocycles. The largest absolute Gasteiger partial charge is 0.497 e. The van der Waals surface area contributed by atoms with Gasteiger partial charge in [-0.15, -0.1) is 0 Å². The van der Waals surface area contributed by atoms with Crippen LogP contribution in [0.4, 0.5) is 0 Å². The first-order chi connectivity index (χ1) is 12.0. The third kappa shape index (κ3) is 3.51. The van der Waals surface area contributed by atoms with Gasteiger partial charge < -0.3 is 9.47 Å². The number of carbonyl (C=O) groups is 1. The van der Waals surface area contributed by atoms with Crippen LogP contribution in [-0.2, 0) is 0 Å². The Hall–Kier alpha value is -2.79. The van der Waals surface area contributed by atoms with Crippen LogP contribution in [0, 0.1) is 13.8 Å². The molecule has 25 heavy (non-hydrogen) atoms. The molecule has 0 saturated carbocycles. The number of methoxy groups -OCH3 is 1. The smallest absolute Gasteiger partial charge is 0.343 e. The molecule has 0 fully saturated rings. The minimum absolute atomic E-state index is 0.428. The highest BCUT2D eigenvalue weighted by Gasteiger charge is 2.13. The summed E-state index contributed by atoms with van der Waals surface area (Å²) in [6, 6.07) is 13.8. The zero-order chi connectivity index (χ0) is 18.0. The van der Waals surface area contributed by atoms with Gasteiger partial charge in [-0.1, -0.05) is 11.6 Å². The Labute approximate surface area is 150 Å². The van der Waals surface area contributed by atoms with Crippen LogP contribution in [0.1, 0.15) is 21.7 Å². The number of aryl methyl sites for hydroxylation is 1. The van der Waals surface area contributed by atoms with Crippen LogP contribution in [0.5, 0.6) is 11.5 Å². The zero-order valence-electron chi connectivity index (χ0n) is 14.1. The van der Waals surface area contributed by atoms with Crippen molar-refractivity contribution in [1.82, 2.24) is 9.78 Å². The Morgan fingerprint density at radius 3 is 2.12 bits per heavy atom. The second-order valence-electron chi connectivity index (χ2n) is 5.51. The van der Waals surface area contributed by atoms with Crippen LogP contribution < -0.4 is 9.47 Å². The van der Waals surface area contributed by atoms with E-state index in [2.05, 4.69) is 5.10 Å². The van der Waals surface area contributed by atoms with Crippen molar-refractivity contribution in [1.29, 1.82) is 0 Å². The molecule has 3 aromatic rings. The van der Waals surface area contributed by atoms with Gasteiger partial charge in [-0.25, -0.2) is 9.48 Å². The summed E-state index contributed by atoms with van der Waals surface area (Å²) in [4.78, 5) is 12.2. The molecule has 0 N–H and O–H groups in total. The third-order valence-electron chi connectivity index (χ3n) is 3.82. The standard InChI is InChI=1S/C19H17ClN2O3/c1-12-18(20)13(2)22(21-12)15-6-4-14(5-7-15)19(23)25-17-10-8-16(24-3)9-11-17/h4-11H,1-3H3. The van der Waals surface area contributed by atoms with Crippen LogP contribution in [0.25, 0.3) is 5.69 Å². The van der Waals surface area contributed by atoms with Gasteiger partial charge in [0.15, 0.2) is 0 Å². The van der Waals surface area contributed by atoms with Crippen LogP contribution in [0.15, 0.2) is 48.5 Å². The number of halogens is 1. The Bertz CT molecular complexity index is 900. The van der Waals surface area contributed by atoms with Crippen LogP contribution in [0.2, 0.25) is 5.02 Å². The molecule has 1 aromatic heterocycles. The Balaban J connectivity index is 1.77. The highest BCUT2D eigenvalue weighted by atomic mass is 35.5. The summed E-state index contributed by atoms with van der Waals surface area (Å²) in [6.07, 6.45) is 0. The molecule has 0 aliphatic heterocycles. The second-order valence-corrected chi connectivity index (χ2v) is 5.89. The fraction of sp³-hybridized carbons (Fsp3) is 0.158. The van der Waals surface area contributed by atoms with E-state index in [9.17, 15) is 4.79 Å². The zero-order valence-corrected chi connectivity index (χ0v) is 14.9. The molecule has 0 amide bonds. The van der Waals surface area contributed by atoms with Crippen molar-refractivity contribution >= 4 is 17.6 Å². The number of rotatable bonds is 4. The summed E-state index contributed by atoms with van der Waals surface area (Å²) < 4.78 is 12.2. The number of benzene rings is 2. The first-order valence-electron chi connectivity index (χ1n) is 7.68. The average Bonchev–Trinajstić information content (AvgIpc) is 2.90. The average molecular weight is 357 g/mol. The van der Waals surface area contributed by atoms with Crippen molar-refractivity contribution in [2.75, 3.05) is 7.11 Å². The van der Waals surface area contributed by atoms with Gasteiger partial charge in [0.05, 0.1) is 34.8 Å². The van der Waals surface area contributed by atoms with Gasteiger partial charge in [0.1, 0.15) is 11.5 Å². The predicted octanol–water partition coefficient (Wildman–Crippen LogP) is 4.37. The number of nitrogens with zero attached hydrogens (tertiary/aromatic N) is 2. The fourth-order valence-electron chi connectivity index (χ4n) is 2.42. The third-order valence-corrected chi connectivity index (χ3v) is 4.37. The summed E-state index contributed by atoms with van der Waals surface area (Å²) in [7, 11) is 1.58. The molecule has 1 heterocycles. The molecule has 0 bridgehead atoms. The number of ether oxygens (including phenoxy) is 2. The summed E-state index contributed by atoms with van der Waals surface area (Å²) >= 11 is 6.18. The minimum Gasteiger partial charge on any atom is -0.497 e. The molecular weight excluding hydrogens is 340 g/mol. The lowest BCUT2D eigenvalue weighted by atomic mass is 10.2. The number of hydrogen-bond acceptors (Lipinski definition) is 4. The maximum atomic E-state index is 12.2. The highest BCUT2D eigenvalue weighted by molar-refractivity contribution is 6.31. The maximum absolute atomic E-state index is 12.2. The second kappa shape index (κ2) is 6.99. The molecule has 0 aliphatic rings. The Kier molecular flexibility index (Phi) is 4.76. The maximum Gasteiger partial charge on any atom is 0.343 e. The Morgan fingerprint density at radius 1 is 1.00 bits per heavy atom. The number of aromatic nitrogens is 2. The molecule has 5 nitrogen and oxygen atoms in total. The van der Waals surface area contributed by atoms with Crippen molar-refractivity contribution in [3.8, 4) is 17.2 Å². The number of carbonyl (C=O) groups excluding carboxylic acids is 1. The molecule has 3 rings (SSSR count). The van der Waals surface area contributed by atoms with E-state index < -0.39 is 5.97 Å². The van der Waals surface area contributed by atoms with E-state index in [4.69, 9.17) is 21.1 Å². The molecule has 6 heteroatoms. The van der Waals surface area contributed by atoms with Crippen molar-refractivity contribution in [3.63, 3.8) is 0 Å². The summed E-state index contributed by atoms with van der Waals surface area (Å²) in [5.74, 6) is 0.732. The van der Waals surface area contributed by atoms with Crippen LogP contribution >= 0.6 is 11.6 Å². The molecule has 0 unspecified atom stereocenters. The fourth-order valence-corrected chi connectivity index (χ4v) is 2.54. The van der Waals surface area contributed by atoms with Crippen molar-refractivity contribution < 1.29 is 14.3 Å². The van der Waals surface area contributed by atoms with Gasteiger partial charge in [-0.05, 0) is 62.4 Å². The van der Waals surface area contributed by atoms with Gasteiger partial charge in [0.2, 0.25) is 0 Å². The minimum atomic E-state index is -0.428. The van der Waals surface area contributed by atoms with Crippen LogP contribution in [-0.4, -0.2) is 22.9 Å². The summed E-state index contributed by atoms with van der Waals surface area (Å²) in [5, 5.41) is 5.04. The highest BCUT2D eigenvalue weighted by Crippen LogP contribution is 2.23. The lowest BCUT2D eigenvalue weighted by molar-refractivity contribution is 0.0734. The monoisotopic (exact) mass is 356 g/mol. The SMILES string of the molecule is COc1ccc(OC(=O)c2ccc(-n3nc(C)c(Cl)c3C)cc2)cc1. The summed E-state index contributed by atoms with van der Waals surface area (Å²) in [6.45, 7) is 3.75. The van der Waals surface area contributed by atoms with Crippen LogP contribution in [0.3, 0.4) is 0 Å². The van der Waals surface area contributed by atoms with Gasteiger partial charge in [-0.2, -0.15) is 5.10 Å². The van der Waals surface area contributed by atoms with E-state index in [1.165, 1.54) is 0 Å². The van der Waals surface area contributed by atoms with E-state index >= 15 is 0 Å². The lowest BCUT2D eigenvalue weighted by Crippen LogP contribution is -2.09. The Morgan fingerprint density at radius 2 is 1.60 bits per heavy atom. The quantitative estimate of drug-likeness (QED) is 0.514. The number of esters is 1. The topological polar surface area (TPSA) is 53.4 Å². The van der Waals surface area contributed by atoms with Gasteiger partial charge in [-0.3, -0.25) is 0 Å². The molecule has 0 atom stereocenters. The predicted molar refractivity (Wildman–Crippen MR) is 96.0 cm³/mol.